The summed E-state index contributed by atoms with van der Waals surface area (Å²) < 4.78 is 29.2. The lowest BCUT2D eigenvalue weighted by Crippen LogP contribution is -2.02. The Balaban J connectivity index is 2.27. The van der Waals surface area contributed by atoms with Crippen molar-refractivity contribution in [3.8, 4) is 17.1 Å². The van der Waals surface area contributed by atoms with E-state index in [-0.39, 0.29) is 5.75 Å². The highest BCUT2D eigenvalue weighted by Gasteiger charge is 2.07. The standard InChI is InChI=1S/C12H10F2IN3O/c1-16-11-9(15)6-17-10(18-11)7-2-4-8(5-3-7)19-12(13)14/h2-6,12H,1H3,(H,16,17,18). The van der Waals surface area contributed by atoms with Crippen LogP contribution >= 0.6 is 22.6 Å². The molecule has 2 aromatic rings. The van der Waals surface area contributed by atoms with Crippen molar-refractivity contribution in [3.05, 3.63) is 34.0 Å². The fraction of sp³-hybridized carbons (Fsp3) is 0.167. The Morgan fingerprint density at radius 1 is 1.26 bits per heavy atom. The summed E-state index contributed by atoms with van der Waals surface area (Å²) in [5.41, 5.74) is 0.731. The first-order valence-electron chi connectivity index (χ1n) is 5.35. The van der Waals surface area contributed by atoms with Crippen LogP contribution in [0, 0.1) is 3.57 Å². The second-order valence-electron chi connectivity index (χ2n) is 3.54. The molecule has 100 valence electrons. The van der Waals surface area contributed by atoms with Gasteiger partial charge in [0.25, 0.3) is 0 Å². The molecule has 0 aliphatic rings. The highest BCUT2D eigenvalue weighted by Crippen LogP contribution is 2.23. The van der Waals surface area contributed by atoms with Crippen LogP contribution in [0.3, 0.4) is 0 Å². The zero-order chi connectivity index (χ0) is 13.8. The minimum absolute atomic E-state index is 0.109. The molecule has 0 spiro atoms. The number of anilines is 1. The van der Waals surface area contributed by atoms with Crippen LogP contribution in [0.15, 0.2) is 30.5 Å². The lowest BCUT2D eigenvalue weighted by Gasteiger charge is -2.07. The largest absolute Gasteiger partial charge is 0.435 e. The van der Waals surface area contributed by atoms with Gasteiger partial charge in [-0.05, 0) is 46.9 Å². The minimum Gasteiger partial charge on any atom is -0.435 e. The average molecular weight is 377 g/mol. The average Bonchev–Trinajstić information content (AvgIpc) is 2.40. The third-order valence-corrected chi connectivity index (χ3v) is 3.11. The van der Waals surface area contributed by atoms with Gasteiger partial charge in [0, 0.05) is 18.8 Å². The number of benzene rings is 1. The molecule has 1 aromatic heterocycles. The molecule has 19 heavy (non-hydrogen) atoms. The Kier molecular flexibility index (Phi) is 4.46. The molecule has 0 amide bonds. The van der Waals surface area contributed by atoms with Crippen molar-refractivity contribution < 1.29 is 13.5 Å². The van der Waals surface area contributed by atoms with Gasteiger partial charge in [0.15, 0.2) is 5.82 Å². The number of halogens is 3. The van der Waals surface area contributed by atoms with Gasteiger partial charge in [0.2, 0.25) is 0 Å². The highest BCUT2D eigenvalue weighted by atomic mass is 127. The maximum atomic E-state index is 12.0. The molecular weight excluding hydrogens is 367 g/mol. The third kappa shape index (κ3) is 3.49. The Labute approximate surface area is 122 Å². The van der Waals surface area contributed by atoms with Crippen LogP contribution in [0.1, 0.15) is 0 Å². The first-order chi connectivity index (χ1) is 9.10. The first-order valence-corrected chi connectivity index (χ1v) is 6.43. The quantitative estimate of drug-likeness (QED) is 0.830. The predicted molar refractivity (Wildman–Crippen MR) is 76.4 cm³/mol. The van der Waals surface area contributed by atoms with Crippen LogP contribution in [0.4, 0.5) is 14.6 Å². The van der Waals surface area contributed by atoms with Crippen LogP contribution in [-0.4, -0.2) is 23.6 Å². The van der Waals surface area contributed by atoms with Crippen molar-refractivity contribution in [2.75, 3.05) is 12.4 Å². The number of ether oxygens (including phenoxy) is 1. The van der Waals surface area contributed by atoms with Crippen molar-refractivity contribution >= 4 is 28.4 Å². The fourth-order valence-electron chi connectivity index (χ4n) is 1.47. The number of hydrogen-bond donors (Lipinski definition) is 1. The van der Waals surface area contributed by atoms with E-state index in [0.29, 0.717) is 5.82 Å². The van der Waals surface area contributed by atoms with Crippen LogP contribution < -0.4 is 10.1 Å². The van der Waals surface area contributed by atoms with Crippen molar-refractivity contribution in [1.29, 1.82) is 0 Å². The Morgan fingerprint density at radius 3 is 2.53 bits per heavy atom. The van der Waals surface area contributed by atoms with E-state index in [2.05, 4.69) is 42.6 Å². The van der Waals surface area contributed by atoms with Gasteiger partial charge in [-0.25, -0.2) is 9.97 Å². The SMILES string of the molecule is CNc1nc(-c2ccc(OC(F)F)cc2)ncc1I. The van der Waals surface area contributed by atoms with Gasteiger partial charge < -0.3 is 10.1 Å². The van der Waals surface area contributed by atoms with Gasteiger partial charge in [0.05, 0.1) is 3.57 Å². The summed E-state index contributed by atoms with van der Waals surface area (Å²) in [6, 6.07) is 6.20. The number of nitrogens with zero attached hydrogens (tertiary/aromatic N) is 2. The van der Waals surface area contributed by atoms with E-state index in [1.807, 2.05) is 0 Å². The normalized spacial score (nSPS) is 10.6. The van der Waals surface area contributed by atoms with E-state index >= 15 is 0 Å². The van der Waals surface area contributed by atoms with Crippen molar-refractivity contribution in [3.63, 3.8) is 0 Å². The van der Waals surface area contributed by atoms with Gasteiger partial charge in [-0.3, -0.25) is 0 Å². The van der Waals surface area contributed by atoms with Crippen molar-refractivity contribution in [2.45, 2.75) is 6.61 Å². The molecule has 1 heterocycles. The number of rotatable bonds is 4. The Morgan fingerprint density at radius 2 is 1.95 bits per heavy atom. The van der Waals surface area contributed by atoms with Crippen LogP contribution in [0.25, 0.3) is 11.4 Å². The fourth-order valence-corrected chi connectivity index (χ4v) is 2.00. The molecule has 0 aliphatic heterocycles. The Bertz CT molecular complexity index is 563. The predicted octanol–water partition coefficient (Wildman–Crippen LogP) is 3.39. The molecule has 0 atom stereocenters. The van der Waals surface area contributed by atoms with Crippen LogP contribution in [0.5, 0.6) is 5.75 Å². The van der Waals surface area contributed by atoms with E-state index in [9.17, 15) is 8.78 Å². The molecule has 2 rings (SSSR count). The maximum Gasteiger partial charge on any atom is 0.387 e. The topological polar surface area (TPSA) is 47.0 Å². The lowest BCUT2D eigenvalue weighted by atomic mass is 10.2. The summed E-state index contributed by atoms with van der Waals surface area (Å²) in [5.74, 6) is 1.35. The van der Waals surface area contributed by atoms with Crippen LogP contribution in [0.2, 0.25) is 0 Å². The summed E-state index contributed by atoms with van der Waals surface area (Å²) in [5, 5.41) is 2.96. The van der Waals surface area contributed by atoms with Gasteiger partial charge in [-0.15, -0.1) is 0 Å². The molecule has 7 heteroatoms. The zero-order valence-corrected chi connectivity index (χ0v) is 12.1. The first kappa shape index (κ1) is 13.9. The monoisotopic (exact) mass is 377 g/mol. The highest BCUT2D eigenvalue weighted by molar-refractivity contribution is 14.1. The molecule has 1 aromatic carbocycles. The molecule has 0 bridgehead atoms. The molecule has 0 saturated heterocycles. The minimum atomic E-state index is -2.82. The molecular formula is C12H10F2IN3O. The second kappa shape index (κ2) is 6.09. The van der Waals surface area contributed by atoms with Crippen LogP contribution in [-0.2, 0) is 0 Å². The number of aromatic nitrogens is 2. The van der Waals surface area contributed by atoms with Gasteiger partial charge in [-0.1, -0.05) is 0 Å². The van der Waals surface area contributed by atoms with E-state index in [4.69, 9.17) is 0 Å². The molecule has 0 saturated carbocycles. The smallest absolute Gasteiger partial charge is 0.387 e. The zero-order valence-electron chi connectivity index (χ0n) is 9.90. The Hall–Kier alpha value is -1.51. The summed E-state index contributed by atoms with van der Waals surface area (Å²) in [4.78, 5) is 8.53. The molecule has 4 nitrogen and oxygen atoms in total. The van der Waals surface area contributed by atoms with Gasteiger partial charge in [-0.2, -0.15) is 8.78 Å². The molecule has 0 radical (unpaired) electrons. The summed E-state index contributed by atoms with van der Waals surface area (Å²) >= 11 is 2.12. The summed E-state index contributed by atoms with van der Waals surface area (Å²) in [6.45, 7) is -2.82. The van der Waals surface area contributed by atoms with E-state index in [1.54, 1.807) is 25.4 Å². The molecule has 0 aliphatic carbocycles. The van der Waals surface area contributed by atoms with Crippen molar-refractivity contribution in [2.24, 2.45) is 0 Å². The lowest BCUT2D eigenvalue weighted by molar-refractivity contribution is -0.0498. The van der Waals surface area contributed by atoms with Gasteiger partial charge in [0.1, 0.15) is 11.6 Å². The number of nitrogens with one attached hydrogen (secondary N) is 1. The summed E-state index contributed by atoms with van der Waals surface area (Å²) in [6.07, 6.45) is 1.69. The van der Waals surface area contributed by atoms with E-state index in [0.717, 1.165) is 15.0 Å². The molecule has 0 unspecified atom stereocenters. The number of alkyl halides is 2. The second-order valence-corrected chi connectivity index (χ2v) is 4.71. The van der Waals surface area contributed by atoms with E-state index < -0.39 is 6.61 Å². The molecule has 1 N–H and O–H groups in total. The maximum absolute atomic E-state index is 12.0. The number of hydrogen-bond acceptors (Lipinski definition) is 4. The van der Waals surface area contributed by atoms with E-state index in [1.165, 1.54) is 12.1 Å². The summed E-state index contributed by atoms with van der Waals surface area (Å²) in [7, 11) is 1.77. The third-order valence-electron chi connectivity index (χ3n) is 2.32. The van der Waals surface area contributed by atoms with Crippen molar-refractivity contribution in [1.82, 2.24) is 9.97 Å². The van der Waals surface area contributed by atoms with Gasteiger partial charge >= 0.3 is 6.61 Å². The molecule has 0 fully saturated rings.